The Morgan fingerprint density at radius 1 is 1.36 bits per heavy atom. The number of piperazine rings is 1. The van der Waals surface area contributed by atoms with Crippen molar-refractivity contribution >= 4 is 35.8 Å². The van der Waals surface area contributed by atoms with Gasteiger partial charge in [0.1, 0.15) is 5.82 Å². The minimum absolute atomic E-state index is 0. The number of piperidine rings is 1. The van der Waals surface area contributed by atoms with Crippen LogP contribution in [0.2, 0.25) is 5.02 Å². The third kappa shape index (κ3) is 4.63. The van der Waals surface area contributed by atoms with Crippen LogP contribution < -0.4 is 5.32 Å². The molecule has 138 valence electrons. The van der Waals surface area contributed by atoms with Gasteiger partial charge in [0.15, 0.2) is 0 Å². The van der Waals surface area contributed by atoms with Crippen LogP contribution in [-0.2, 0) is 16.0 Å². The van der Waals surface area contributed by atoms with Gasteiger partial charge >= 0.3 is 0 Å². The Kier molecular flexibility index (Phi) is 7.04. The van der Waals surface area contributed by atoms with Gasteiger partial charge in [-0.15, -0.1) is 12.4 Å². The van der Waals surface area contributed by atoms with E-state index in [4.69, 9.17) is 11.6 Å². The van der Waals surface area contributed by atoms with E-state index in [1.165, 1.54) is 12.1 Å². The molecule has 0 bridgehead atoms. The fourth-order valence-electron chi connectivity index (χ4n) is 3.41. The normalized spacial score (nSPS) is 21.0. The summed E-state index contributed by atoms with van der Waals surface area (Å²) in [5, 5.41) is 3.33. The van der Waals surface area contributed by atoms with Crippen LogP contribution in [0.25, 0.3) is 0 Å². The third-order valence-corrected chi connectivity index (χ3v) is 5.06. The van der Waals surface area contributed by atoms with Gasteiger partial charge in [0.25, 0.3) is 0 Å². The molecule has 0 aromatic heterocycles. The summed E-state index contributed by atoms with van der Waals surface area (Å²) in [5.41, 5.74) is 0.240. The molecule has 2 heterocycles. The molecule has 1 aromatic carbocycles. The second-order valence-corrected chi connectivity index (χ2v) is 6.68. The van der Waals surface area contributed by atoms with Gasteiger partial charge in [0.05, 0.1) is 13.0 Å². The molecule has 1 unspecified atom stereocenters. The van der Waals surface area contributed by atoms with E-state index >= 15 is 0 Å². The van der Waals surface area contributed by atoms with E-state index in [1.807, 2.05) is 4.90 Å². The summed E-state index contributed by atoms with van der Waals surface area (Å²) in [5.74, 6) is -0.520. The monoisotopic (exact) mass is 389 g/mol. The largest absolute Gasteiger partial charge is 0.340 e. The average Bonchev–Trinajstić information content (AvgIpc) is 2.59. The van der Waals surface area contributed by atoms with Crippen LogP contribution in [-0.4, -0.2) is 60.4 Å². The lowest BCUT2D eigenvalue weighted by Crippen LogP contribution is -2.57. The molecule has 2 fully saturated rings. The predicted molar refractivity (Wildman–Crippen MR) is 96.5 cm³/mol. The Bertz CT molecular complexity index is 624. The van der Waals surface area contributed by atoms with Crippen molar-refractivity contribution in [1.29, 1.82) is 0 Å². The Hall–Kier alpha value is -1.37. The fraction of sp³-hybridized carbons (Fsp3) is 0.529. The van der Waals surface area contributed by atoms with Gasteiger partial charge in [0, 0.05) is 42.8 Å². The van der Waals surface area contributed by atoms with Gasteiger partial charge in [-0.3, -0.25) is 9.59 Å². The van der Waals surface area contributed by atoms with E-state index in [2.05, 4.69) is 5.32 Å². The Labute approximate surface area is 157 Å². The number of hydrogen-bond acceptors (Lipinski definition) is 3. The van der Waals surface area contributed by atoms with Crippen LogP contribution in [0.15, 0.2) is 18.2 Å². The maximum Gasteiger partial charge on any atom is 0.236 e. The molecule has 0 spiro atoms. The number of halogens is 3. The number of carbonyl (C=O) groups excluding carboxylic acids is 2. The van der Waals surface area contributed by atoms with Crippen molar-refractivity contribution in [3.05, 3.63) is 34.6 Å². The number of rotatable bonds is 3. The molecule has 1 aromatic rings. The van der Waals surface area contributed by atoms with Crippen LogP contribution in [0.1, 0.15) is 18.4 Å². The molecule has 3 rings (SSSR count). The summed E-state index contributed by atoms with van der Waals surface area (Å²) in [7, 11) is 0. The van der Waals surface area contributed by atoms with Gasteiger partial charge in [0.2, 0.25) is 11.8 Å². The fourth-order valence-corrected chi connectivity index (χ4v) is 3.64. The number of carbonyl (C=O) groups is 2. The van der Waals surface area contributed by atoms with Gasteiger partial charge in [-0.2, -0.15) is 0 Å². The highest BCUT2D eigenvalue weighted by atomic mass is 35.5. The number of amides is 2. The van der Waals surface area contributed by atoms with Gasteiger partial charge in [-0.05, 0) is 25.0 Å². The molecular weight excluding hydrogens is 368 g/mol. The predicted octanol–water partition coefficient (Wildman–Crippen LogP) is 1.87. The topological polar surface area (TPSA) is 52.7 Å². The highest BCUT2D eigenvalue weighted by Gasteiger charge is 2.31. The number of likely N-dealkylation sites (tertiary alicyclic amines) is 1. The molecule has 0 aliphatic carbocycles. The van der Waals surface area contributed by atoms with Crippen molar-refractivity contribution in [1.82, 2.24) is 15.1 Å². The van der Waals surface area contributed by atoms with Gasteiger partial charge < -0.3 is 15.1 Å². The standard InChI is InChI=1S/C17H21ClFN3O2.ClH/c18-14-4-1-5-15(19)13(14)9-16(23)21-7-2-3-12(11-21)22-8-6-20-10-17(22)24;/h1,4-5,12,20H,2-3,6-11H2;1H. The van der Waals surface area contributed by atoms with Crippen molar-refractivity contribution in [2.75, 3.05) is 32.7 Å². The highest BCUT2D eigenvalue weighted by molar-refractivity contribution is 6.31. The Morgan fingerprint density at radius 2 is 2.16 bits per heavy atom. The summed E-state index contributed by atoms with van der Waals surface area (Å²) in [6, 6.07) is 4.48. The van der Waals surface area contributed by atoms with Crippen LogP contribution in [0.5, 0.6) is 0 Å². The highest BCUT2D eigenvalue weighted by Crippen LogP contribution is 2.22. The molecule has 2 aliphatic heterocycles. The molecule has 2 saturated heterocycles. The zero-order valence-electron chi connectivity index (χ0n) is 13.8. The van der Waals surface area contributed by atoms with Crippen molar-refractivity contribution < 1.29 is 14.0 Å². The quantitative estimate of drug-likeness (QED) is 0.858. The molecule has 2 aliphatic rings. The Balaban J connectivity index is 0.00000225. The maximum atomic E-state index is 13.9. The lowest BCUT2D eigenvalue weighted by atomic mass is 10.0. The smallest absolute Gasteiger partial charge is 0.236 e. The molecule has 25 heavy (non-hydrogen) atoms. The second kappa shape index (κ2) is 8.83. The van der Waals surface area contributed by atoms with E-state index in [9.17, 15) is 14.0 Å². The van der Waals surface area contributed by atoms with E-state index in [1.54, 1.807) is 11.0 Å². The average molecular weight is 390 g/mol. The zero-order valence-corrected chi connectivity index (χ0v) is 15.4. The minimum atomic E-state index is -0.457. The number of hydrogen-bond donors (Lipinski definition) is 1. The second-order valence-electron chi connectivity index (χ2n) is 6.28. The molecule has 2 amide bonds. The lowest BCUT2D eigenvalue weighted by molar-refractivity contribution is -0.140. The first kappa shape index (κ1) is 19.9. The molecule has 0 saturated carbocycles. The first-order valence-corrected chi connectivity index (χ1v) is 8.65. The molecule has 1 atom stereocenters. The minimum Gasteiger partial charge on any atom is -0.340 e. The summed E-state index contributed by atoms with van der Waals surface area (Å²) in [6.07, 6.45) is 1.70. The summed E-state index contributed by atoms with van der Waals surface area (Å²) >= 11 is 6.01. The van der Waals surface area contributed by atoms with Gasteiger partial charge in [-0.1, -0.05) is 17.7 Å². The van der Waals surface area contributed by atoms with Crippen molar-refractivity contribution in [3.63, 3.8) is 0 Å². The Morgan fingerprint density at radius 3 is 2.88 bits per heavy atom. The van der Waals surface area contributed by atoms with Crippen LogP contribution in [0.3, 0.4) is 0 Å². The van der Waals surface area contributed by atoms with Crippen molar-refractivity contribution in [2.45, 2.75) is 25.3 Å². The number of nitrogens with one attached hydrogen (secondary N) is 1. The molecule has 1 N–H and O–H groups in total. The van der Waals surface area contributed by atoms with E-state index in [-0.39, 0.29) is 47.3 Å². The maximum absolute atomic E-state index is 13.9. The summed E-state index contributed by atoms with van der Waals surface area (Å²) in [4.78, 5) is 28.2. The van der Waals surface area contributed by atoms with E-state index < -0.39 is 5.82 Å². The summed E-state index contributed by atoms with van der Waals surface area (Å²) in [6.45, 7) is 2.96. The number of benzene rings is 1. The molecule has 8 heteroatoms. The summed E-state index contributed by atoms with van der Waals surface area (Å²) < 4.78 is 13.9. The van der Waals surface area contributed by atoms with E-state index in [0.29, 0.717) is 26.2 Å². The molecule has 0 radical (unpaired) electrons. The SMILES string of the molecule is Cl.O=C(Cc1c(F)cccc1Cl)N1CCCC(N2CCNCC2=O)C1. The van der Waals surface area contributed by atoms with Crippen LogP contribution in [0, 0.1) is 5.82 Å². The first-order valence-electron chi connectivity index (χ1n) is 8.27. The first-order chi connectivity index (χ1) is 11.6. The molecule has 5 nitrogen and oxygen atoms in total. The van der Waals surface area contributed by atoms with Crippen LogP contribution in [0.4, 0.5) is 4.39 Å². The van der Waals surface area contributed by atoms with Crippen molar-refractivity contribution in [3.8, 4) is 0 Å². The van der Waals surface area contributed by atoms with Crippen LogP contribution >= 0.6 is 24.0 Å². The molecular formula is C17H22Cl2FN3O2. The lowest BCUT2D eigenvalue weighted by Gasteiger charge is -2.41. The number of nitrogens with zero attached hydrogens (tertiary/aromatic N) is 2. The zero-order chi connectivity index (χ0) is 17.1. The third-order valence-electron chi connectivity index (χ3n) is 4.71. The van der Waals surface area contributed by atoms with Crippen molar-refractivity contribution in [2.24, 2.45) is 0 Å². The van der Waals surface area contributed by atoms with Gasteiger partial charge in [-0.25, -0.2) is 4.39 Å². The van der Waals surface area contributed by atoms with E-state index in [0.717, 1.165) is 19.4 Å².